The molecule has 0 atom stereocenters. The minimum absolute atomic E-state index is 0.00443. The number of piperidine rings is 1. The van der Waals surface area contributed by atoms with Gasteiger partial charge in [-0.1, -0.05) is 12.1 Å². The molecule has 1 aromatic heterocycles. The molecular weight excluding hydrogens is 400 g/mol. The minimum Gasteiger partial charge on any atom is -0.384 e. The van der Waals surface area contributed by atoms with Crippen LogP contribution in [0.1, 0.15) is 34.3 Å². The first kappa shape index (κ1) is 21.3. The van der Waals surface area contributed by atoms with Gasteiger partial charge >= 0.3 is 0 Å². The van der Waals surface area contributed by atoms with Crippen LogP contribution >= 0.6 is 0 Å². The highest BCUT2D eigenvalue weighted by Gasteiger charge is 2.24. The van der Waals surface area contributed by atoms with Crippen LogP contribution in [0.15, 0.2) is 59.9 Å². The third kappa shape index (κ3) is 4.86. The average molecular weight is 427 g/mol. The minimum atomic E-state index is 0.00443. The van der Waals surface area contributed by atoms with Gasteiger partial charge in [0.25, 0.3) is 5.91 Å². The van der Waals surface area contributed by atoms with Crippen LogP contribution in [-0.4, -0.2) is 53.9 Å². The lowest BCUT2D eigenvalue weighted by molar-refractivity contribution is 0.0695. The van der Waals surface area contributed by atoms with Crippen molar-refractivity contribution in [3.63, 3.8) is 0 Å². The van der Waals surface area contributed by atoms with Crippen LogP contribution in [0.2, 0.25) is 0 Å². The molecule has 7 nitrogen and oxygen atoms in total. The molecule has 0 radical (unpaired) electrons. The topological polar surface area (TPSA) is 97.2 Å². The van der Waals surface area contributed by atoms with Crippen molar-refractivity contribution >= 4 is 17.8 Å². The highest BCUT2D eigenvalue weighted by molar-refractivity contribution is 5.94. The van der Waals surface area contributed by atoms with Gasteiger partial charge in [0, 0.05) is 61.5 Å². The van der Waals surface area contributed by atoms with Gasteiger partial charge in [0.15, 0.2) is 0 Å². The first-order chi connectivity index (χ1) is 15.7. The Morgan fingerprint density at radius 1 is 1.28 bits per heavy atom. The van der Waals surface area contributed by atoms with E-state index in [4.69, 9.17) is 5.26 Å². The lowest BCUT2D eigenvalue weighted by Gasteiger charge is -2.32. The second-order valence-corrected chi connectivity index (χ2v) is 7.99. The molecule has 0 aliphatic carbocycles. The molecule has 4 rings (SSSR count). The predicted molar refractivity (Wildman–Crippen MR) is 126 cm³/mol. The summed E-state index contributed by atoms with van der Waals surface area (Å²) in [6, 6.07) is 15.3. The fourth-order valence-electron chi connectivity index (χ4n) is 4.06. The summed E-state index contributed by atoms with van der Waals surface area (Å²) in [5, 5.41) is 19.5. The summed E-state index contributed by atoms with van der Waals surface area (Å²) in [6.45, 7) is 2.30. The third-order valence-electron chi connectivity index (χ3n) is 5.87. The van der Waals surface area contributed by atoms with E-state index in [0.29, 0.717) is 17.0 Å². The number of carbonyl (C=O) groups excluding carboxylic acids is 1. The lowest BCUT2D eigenvalue weighted by atomic mass is 9.95. The normalized spacial score (nSPS) is 14.4. The highest BCUT2D eigenvalue weighted by atomic mass is 16.2. The SMILES string of the molecule is C/N=C\c1cc(-c2cn[nH]c2)ccc1NCC1CCN(C(=O)c2cccc(C#N)c2)CC1. The van der Waals surface area contributed by atoms with Crippen molar-refractivity contribution in [2.45, 2.75) is 12.8 Å². The molecule has 2 heterocycles. The van der Waals surface area contributed by atoms with Gasteiger partial charge in [-0.05, 0) is 54.7 Å². The van der Waals surface area contributed by atoms with E-state index in [9.17, 15) is 4.79 Å². The Bertz CT molecular complexity index is 1140. The van der Waals surface area contributed by atoms with E-state index in [1.165, 1.54) is 0 Å². The van der Waals surface area contributed by atoms with E-state index in [1.54, 1.807) is 37.5 Å². The summed E-state index contributed by atoms with van der Waals surface area (Å²) in [6.07, 6.45) is 7.44. The molecule has 0 spiro atoms. The first-order valence-electron chi connectivity index (χ1n) is 10.8. The lowest BCUT2D eigenvalue weighted by Crippen LogP contribution is -2.40. The van der Waals surface area contributed by atoms with Crippen LogP contribution in [-0.2, 0) is 0 Å². The van der Waals surface area contributed by atoms with Crippen molar-refractivity contribution in [3.8, 4) is 17.2 Å². The molecule has 1 aliphatic heterocycles. The summed E-state index contributed by atoms with van der Waals surface area (Å²) < 4.78 is 0. The first-order valence-corrected chi connectivity index (χ1v) is 10.8. The van der Waals surface area contributed by atoms with Gasteiger partial charge in [-0.25, -0.2) is 0 Å². The quantitative estimate of drug-likeness (QED) is 0.583. The molecule has 1 saturated heterocycles. The van der Waals surface area contributed by atoms with Gasteiger partial charge in [-0.2, -0.15) is 10.4 Å². The Morgan fingerprint density at radius 3 is 2.84 bits per heavy atom. The van der Waals surface area contributed by atoms with E-state index in [-0.39, 0.29) is 5.91 Å². The maximum atomic E-state index is 12.8. The molecule has 1 amide bonds. The van der Waals surface area contributed by atoms with Crippen molar-refractivity contribution < 1.29 is 4.79 Å². The molecule has 2 N–H and O–H groups in total. The van der Waals surface area contributed by atoms with Crippen molar-refractivity contribution in [2.24, 2.45) is 10.9 Å². The number of H-pyrrole nitrogens is 1. The van der Waals surface area contributed by atoms with Crippen molar-refractivity contribution in [3.05, 3.63) is 71.5 Å². The van der Waals surface area contributed by atoms with Gasteiger partial charge in [0.1, 0.15) is 0 Å². The number of hydrogen-bond acceptors (Lipinski definition) is 5. The molecule has 7 heteroatoms. The van der Waals surface area contributed by atoms with Crippen molar-refractivity contribution in [1.29, 1.82) is 5.26 Å². The van der Waals surface area contributed by atoms with E-state index in [0.717, 1.165) is 54.9 Å². The number of aromatic amines is 1. The van der Waals surface area contributed by atoms with Crippen LogP contribution in [0.4, 0.5) is 5.69 Å². The number of rotatable bonds is 6. The van der Waals surface area contributed by atoms with Gasteiger partial charge in [0.05, 0.1) is 17.8 Å². The number of amides is 1. The molecule has 1 aliphatic rings. The van der Waals surface area contributed by atoms with Crippen LogP contribution in [0.25, 0.3) is 11.1 Å². The molecule has 0 saturated carbocycles. The number of anilines is 1. The number of nitriles is 1. The number of hydrogen-bond donors (Lipinski definition) is 2. The number of aromatic nitrogens is 2. The smallest absolute Gasteiger partial charge is 0.253 e. The molecule has 0 bridgehead atoms. The largest absolute Gasteiger partial charge is 0.384 e. The fraction of sp³-hybridized carbons (Fsp3) is 0.280. The third-order valence-corrected chi connectivity index (χ3v) is 5.87. The Balaban J connectivity index is 1.35. The summed E-state index contributed by atoms with van der Waals surface area (Å²) in [7, 11) is 1.77. The van der Waals surface area contributed by atoms with Crippen molar-refractivity contribution in [1.82, 2.24) is 15.1 Å². The standard InChI is InChI=1S/C25H26N6O/c1-27-15-22-12-20(23-16-29-30-17-23)5-6-24(22)28-14-18-7-9-31(10-8-18)25(32)21-4-2-3-19(11-21)13-26/h2-6,11-12,15-18,28H,7-10,14H2,1H3,(H,29,30)/b27-15-. The molecule has 32 heavy (non-hydrogen) atoms. The monoisotopic (exact) mass is 426 g/mol. The number of nitrogens with zero attached hydrogens (tertiary/aromatic N) is 4. The number of likely N-dealkylation sites (tertiary alicyclic amines) is 1. The second-order valence-electron chi connectivity index (χ2n) is 7.99. The van der Waals surface area contributed by atoms with E-state index >= 15 is 0 Å². The van der Waals surface area contributed by atoms with Gasteiger partial charge in [-0.3, -0.25) is 14.9 Å². The van der Waals surface area contributed by atoms with Crippen LogP contribution in [0.5, 0.6) is 0 Å². The maximum Gasteiger partial charge on any atom is 0.253 e. The van der Waals surface area contributed by atoms with E-state index in [2.05, 4.69) is 44.8 Å². The second kappa shape index (κ2) is 9.92. The van der Waals surface area contributed by atoms with Gasteiger partial charge < -0.3 is 10.2 Å². The molecule has 3 aromatic rings. The molecular formula is C25H26N6O. The zero-order chi connectivity index (χ0) is 22.3. The zero-order valence-corrected chi connectivity index (χ0v) is 18.1. The maximum absolute atomic E-state index is 12.8. The summed E-state index contributed by atoms with van der Waals surface area (Å²) in [5.41, 5.74) is 5.32. The van der Waals surface area contributed by atoms with E-state index < -0.39 is 0 Å². The Morgan fingerprint density at radius 2 is 2.12 bits per heavy atom. The van der Waals surface area contributed by atoms with Crippen molar-refractivity contribution in [2.75, 3.05) is 32.0 Å². The Kier molecular flexibility index (Phi) is 6.61. The molecule has 0 unspecified atom stereocenters. The molecule has 1 fully saturated rings. The summed E-state index contributed by atoms with van der Waals surface area (Å²) >= 11 is 0. The number of nitrogens with one attached hydrogen (secondary N) is 2. The van der Waals surface area contributed by atoms with E-state index in [1.807, 2.05) is 17.3 Å². The highest BCUT2D eigenvalue weighted by Crippen LogP contribution is 2.25. The Labute approximate surface area is 187 Å². The summed E-state index contributed by atoms with van der Waals surface area (Å²) in [4.78, 5) is 18.9. The predicted octanol–water partition coefficient (Wildman–Crippen LogP) is 3.96. The number of aliphatic imine (C=N–C) groups is 1. The fourth-order valence-corrected chi connectivity index (χ4v) is 4.06. The van der Waals surface area contributed by atoms with Crippen LogP contribution < -0.4 is 5.32 Å². The van der Waals surface area contributed by atoms with Crippen LogP contribution in [0, 0.1) is 17.2 Å². The number of benzene rings is 2. The Hall–Kier alpha value is -3.92. The van der Waals surface area contributed by atoms with Crippen LogP contribution in [0.3, 0.4) is 0 Å². The average Bonchev–Trinajstić information content (AvgIpc) is 3.38. The number of carbonyl (C=O) groups is 1. The van der Waals surface area contributed by atoms with Gasteiger partial charge in [0.2, 0.25) is 0 Å². The summed E-state index contributed by atoms with van der Waals surface area (Å²) in [5.74, 6) is 0.495. The molecule has 2 aromatic carbocycles. The van der Waals surface area contributed by atoms with Gasteiger partial charge in [-0.15, -0.1) is 0 Å². The molecule has 162 valence electrons. The zero-order valence-electron chi connectivity index (χ0n) is 18.1.